The van der Waals surface area contributed by atoms with Gasteiger partial charge in [-0.3, -0.25) is 15.0 Å². The number of phenols is 1. The summed E-state index contributed by atoms with van der Waals surface area (Å²) in [6.45, 7) is 9.47. The second-order valence-electron chi connectivity index (χ2n) is 8.35. The highest BCUT2D eigenvalue weighted by Gasteiger charge is 2.34. The predicted octanol–water partition coefficient (Wildman–Crippen LogP) is 1.99. The number of hydrogen-bond donors (Lipinski definition) is 4. The average molecular weight is 412 g/mol. The normalized spacial score (nSPS) is 12.2. The van der Waals surface area contributed by atoms with Gasteiger partial charge in [-0.1, -0.05) is 45.9 Å². The van der Waals surface area contributed by atoms with Crippen molar-refractivity contribution in [3.8, 4) is 5.75 Å². The molecule has 0 aromatic heterocycles. The first-order chi connectivity index (χ1) is 14.0. The molecule has 8 heteroatoms. The highest BCUT2D eigenvalue weighted by molar-refractivity contribution is 6.58. The monoisotopic (exact) mass is 412 g/mol. The third kappa shape index (κ3) is 5.20. The van der Waals surface area contributed by atoms with Gasteiger partial charge >= 0.3 is 7.12 Å². The van der Waals surface area contributed by atoms with Crippen LogP contribution in [0.5, 0.6) is 5.75 Å². The molecule has 30 heavy (non-hydrogen) atoms. The van der Waals surface area contributed by atoms with Gasteiger partial charge in [0.05, 0.1) is 6.04 Å². The van der Waals surface area contributed by atoms with Crippen molar-refractivity contribution in [3.63, 3.8) is 0 Å². The molecule has 0 bridgehead atoms. The molecule has 0 saturated heterocycles. The van der Waals surface area contributed by atoms with E-state index in [0.717, 1.165) is 0 Å². The molecule has 2 amide bonds. The van der Waals surface area contributed by atoms with Gasteiger partial charge in [0.15, 0.2) is 0 Å². The fraction of sp³-hybridized carbons (Fsp3) is 0.364. The number of benzene rings is 2. The molecule has 7 nitrogen and oxygen atoms in total. The standard InChI is InChI=1S/C22H29BN2O5/c1-6-19(22(3,4)5)25(21(28)15-9-7-10-16(13-15)23(29)30)24-20(27)17-11-8-12-18(26)14(17)2/h7-13,19,26,29-30H,6H2,1-5H3,(H,24,27). The molecule has 2 aromatic rings. The summed E-state index contributed by atoms with van der Waals surface area (Å²) < 4.78 is 0. The highest BCUT2D eigenvalue weighted by Crippen LogP contribution is 2.28. The zero-order valence-corrected chi connectivity index (χ0v) is 18.0. The summed E-state index contributed by atoms with van der Waals surface area (Å²) in [4.78, 5) is 26.4. The Hall–Kier alpha value is -2.84. The first-order valence-electron chi connectivity index (χ1n) is 9.86. The van der Waals surface area contributed by atoms with Gasteiger partial charge in [-0.15, -0.1) is 0 Å². The summed E-state index contributed by atoms with van der Waals surface area (Å²) in [7, 11) is -1.71. The van der Waals surface area contributed by atoms with Gasteiger partial charge in [0, 0.05) is 16.7 Å². The third-order valence-corrected chi connectivity index (χ3v) is 5.12. The molecule has 2 aromatic carbocycles. The summed E-state index contributed by atoms with van der Waals surface area (Å²) in [5, 5.41) is 30.1. The van der Waals surface area contributed by atoms with Crippen LogP contribution in [-0.2, 0) is 0 Å². The van der Waals surface area contributed by atoms with Gasteiger partial charge in [-0.25, -0.2) is 5.01 Å². The number of hydrogen-bond acceptors (Lipinski definition) is 5. The van der Waals surface area contributed by atoms with E-state index in [0.29, 0.717) is 12.0 Å². The molecule has 160 valence electrons. The smallest absolute Gasteiger partial charge is 0.488 e. The summed E-state index contributed by atoms with van der Waals surface area (Å²) in [6, 6.07) is 10.3. The van der Waals surface area contributed by atoms with E-state index in [4.69, 9.17) is 0 Å². The number of nitrogens with one attached hydrogen (secondary N) is 1. The van der Waals surface area contributed by atoms with Crippen LogP contribution in [0.1, 0.15) is 60.4 Å². The van der Waals surface area contributed by atoms with Crippen molar-refractivity contribution in [2.45, 2.75) is 47.1 Å². The zero-order chi connectivity index (χ0) is 22.6. The average Bonchev–Trinajstić information content (AvgIpc) is 2.68. The van der Waals surface area contributed by atoms with Crippen molar-refractivity contribution in [1.29, 1.82) is 0 Å². The minimum atomic E-state index is -1.71. The summed E-state index contributed by atoms with van der Waals surface area (Å²) in [5.41, 5.74) is 3.44. The summed E-state index contributed by atoms with van der Waals surface area (Å²) in [6.07, 6.45) is 0.580. The van der Waals surface area contributed by atoms with E-state index in [9.17, 15) is 24.7 Å². The third-order valence-electron chi connectivity index (χ3n) is 5.12. The Morgan fingerprint density at radius 1 is 1.13 bits per heavy atom. The van der Waals surface area contributed by atoms with E-state index in [-0.39, 0.29) is 33.8 Å². The molecule has 2 rings (SSSR count). The van der Waals surface area contributed by atoms with Gasteiger partial charge in [0.1, 0.15) is 5.75 Å². The maximum absolute atomic E-state index is 13.4. The van der Waals surface area contributed by atoms with Crippen molar-refractivity contribution < 1.29 is 24.7 Å². The number of carbonyl (C=O) groups excluding carboxylic acids is 2. The van der Waals surface area contributed by atoms with Crippen LogP contribution in [0.25, 0.3) is 0 Å². The number of phenolic OH excluding ortho intramolecular Hbond substituents is 1. The molecular weight excluding hydrogens is 383 g/mol. The molecule has 4 N–H and O–H groups in total. The fourth-order valence-electron chi connectivity index (χ4n) is 3.46. The van der Waals surface area contributed by atoms with Crippen LogP contribution in [0.2, 0.25) is 0 Å². The number of hydrazine groups is 1. The van der Waals surface area contributed by atoms with Crippen molar-refractivity contribution in [2.75, 3.05) is 0 Å². The minimum absolute atomic E-state index is 0.00646. The van der Waals surface area contributed by atoms with Crippen LogP contribution in [0.3, 0.4) is 0 Å². The first kappa shape index (κ1) is 23.4. The second kappa shape index (κ2) is 9.32. The van der Waals surface area contributed by atoms with Gasteiger partial charge in [0.2, 0.25) is 0 Å². The number of aromatic hydroxyl groups is 1. The topological polar surface area (TPSA) is 110 Å². The van der Waals surface area contributed by atoms with Crippen molar-refractivity contribution >= 4 is 24.4 Å². The minimum Gasteiger partial charge on any atom is -0.508 e. The maximum atomic E-state index is 13.4. The molecule has 0 aliphatic rings. The van der Waals surface area contributed by atoms with E-state index < -0.39 is 18.9 Å². The van der Waals surface area contributed by atoms with E-state index >= 15 is 0 Å². The highest BCUT2D eigenvalue weighted by atomic mass is 16.4. The van der Waals surface area contributed by atoms with Crippen molar-refractivity contribution in [1.82, 2.24) is 10.4 Å². The van der Waals surface area contributed by atoms with Crippen LogP contribution in [0.15, 0.2) is 42.5 Å². The van der Waals surface area contributed by atoms with Crippen LogP contribution in [-0.4, -0.2) is 45.1 Å². The lowest BCUT2D eigenvalue weighted by atomic mass is 9.79. The largest absolute Gasteiger partial charge is 0.508 e. The van der Waals surface area contributed by atoms with Gasteiger partial charge < -0.3 is 15.2 Å². The lowest BCUT2D eigenvalue weighted by Crippen LogP contribution is -2.56. The quantitative estimate of drug-likeness (QED) is 0.444. The number of nitrogens with zero attached hydrogens (tertiary/aromatic N) is 1. The summed E-state index contributed by atoms with van der Waals surface area (Å²) >= 11 is 0. The second-order valence-corrected chi connectivity index (χ2v) is 8.35. The number of carbonyl (C=O) groups is 2. The van der Waals surface area contributed by atoms with Crippen LogP contribution in [0, 0.1) is 12.3 Å². The van der Waals surface area contributed by atoms with E-state index in [1.165, 1.54) is 23.2 Å². The molecule has 1 unspecified atom stereocenters. The predicted molar refractivity (Wildman–Crippen MR) is 116 cm³/mol. The molecule has 0 fully saturated rings. The van der Waals surface area contributed by atoms with Crippen LogP contribution >= 0.6 is 0 Å². The number of rotatable bonds is 5. The maximum Gasteiger partial charge on any atom is 0.488 e. The Bertz CT molecular complexity index is 924. The lowest BCUT2D eigenvalue weighted by molar-refractivity contribution is 0.0284. The molecule has 0 aliphatic carbocycles. The Labute approximate surface area is 177 Å². The van der Waals surface area contributed by atoms with Gasteiger partial charge in [-0.2, -0.15) is 0 Å². The molecule has 0 radical (unpaired) electrons. The zero-order valence-electron chi connectivity index (χ0n) is 18.0. The van der Waals surface area contributed by atoms with Crippen molar-refractivity contribution in [3.05, 3.63) is 59.2 Å². The van der Waals surface area contributed by atoms with Crippen LogP contribution in [0.4, 0.5) is 0 Å². The first-order valence-corrected chi connectivity index (χ1v) is 9.86. The summed E-state index contributed by atoms with van der Waals surface area (Å²) in [5.74, 6) is -0.990. The SMILES string of the molecule is CCC(N(NC(=O)c1cccc(O)c1C)C(=O)c1cccc(B(O)O)c1)C(C)(C)C. The molecule has 0 spiro atoms. The fourth-order valence-corrected chi connectivity index (χ4v) is 3.46. The molecule has 0 heterocycles. The van der Waals surface area contributed by atoms with Crippen LogP contribution < -0.4 is 10.9 Å². The van der Waals surface area contributed by atoms with Crippen molar-refractivity contribution in [2.24, 2.45) is 5.41 Å². The van der Waals surface area contributed by atoms with E-state index in [1.54, 1.807) is 31.2 Å². The number of amides is 2. The van der Waals surface area contributed by atoms with Gasteiger partial charge in [0.25, 0.3) is 11.8 Å². The Morgan fingerprint density at radius 3 is 2.33 bits per heavy atom. The van der Waals surface area contributed by atoms with E-state index in [1.807, 2.05) is 27.7 Å². The van der Waals surface area contributed by atoms with Gasteiger partial charge in [-0.05, 0) is 48.5 Å². The lowest BCUT2D eigenvalue weighted by Gasteiger charge is -2.39. The Morgan fingerprint density at radius 2 is 1.77 bits per heavy atom. The Balaban J connectivity index is 2.47. The van der Waals surface area contributed by atoms with E-state index in [2.05, 4.69) is 5.43 Å². The molecular formula is C22H29BN2O5. The molecule has 0 aliphatic heterocycles. The molecule has 0 saturated carbocycles. The molecule has 1 atom stereocenters. The Kier molecular flexibility index (Phi) is 7.28.